The van der Waals surface area contributed by atoms with E-state index in [1.54, 1.807) is 12.1 Å². The van der Waals surface area contributed by atoms with Crippen LogP contribution < -0.4 is 20.7 Å². The van der Waals surface area contributed by atoms with E-state index in [2.05, 4.69) is 16.0 Å². The Morgan fingerprint density at radius 2 is 1.19 bits per heavy atom. The number of aliphatic carboxylic acids is 3. The predicted octanol–water partition coefficient (Wildman–Crippen LogP) is 0.877. The summed E-state index contributed by atoms with van der Waals surface area (Å²) in [5, 5.41) is 35.2. The fourth-order valence-corrected chi connectivity index (χ4v) is 7.00. The number of sulfonamides is 1. The number of ether oxygens (including phenoxy) is 4. The average molecular weight is 987 g/mol. The second-order valence-corrected chi connectivity index (χ2v) is 17.4. The number of hydrogen-bond donors (Lipinski definition) is 7. The number of carbonyl (C=O) groups excluding carboxylic acids is 7. The maximum Gasteiger partial charge on any atom is 0.326 e. The van der Waals surface area contributed by atoms with Crippen molar-refractivity contribution < 1.29 is 90.6 Å². The van der Waals surface area contributed by atoms with Gasteiger partial charge in [-0.05, 0) is 45.4 Å². The maximum atomic E-state index is 12.5. The second kappa shape index (κ2) is 35.5. The van der Waals surface area contributed by atoms with Crippen molar-refractivity contribution in [2.24, 2.45) is 5.92 Å². The number of ketones is 3. The Morgan fingerprint density at radius 3 is 1.85 bits per heavy atom. The van der Waals surface area contributed by atoms with Gasteiger partial charge in [-0.1, -0.05) is 29.8 Å². The van der Waals surface area contributed by atoms with Gasteiger partial charge in [-0.15, -0.1) is 0 Å². The third-order valence-electron chi connectivity index (χ3n) is 9.60. The molecule has 24 heteroatoms. The topological polar surface area (TPSA) is 351 Å². The summed E-state index contributed by atoms with van der Waals surface area (Å²) in [6.45, 7) is 2.26. The summed E-state index contributed by atoms with van der Waals surface area (Å²) in [4.78, 5) is 119. The lowest BCUT2D eigenvalue weighted by molar-refractivity contribution is -0.145. The smallest absolute Gasteiger partial charge is 0.326 e. The van der Waals surface area contributed by atoms with Crippen molar-refractivity contribution in [1.29, 1.82) is 0 Å². The van der Waals surface area contributed by atoms with Crippen LogP contribution in [0.15, 0.2) is 24.3 Å². The summed E-state index contributed by atoms with van der Waals surface area (Å²) in [7, 11) is -3.99. The number of amides is 4. The Balaban J connectivity index is 2.15. The lowest BCUT2D eigenvalue weighted by Crippen LogP contribution is -2.41. The van der Waals surface area contributed by atoms with Gasteiger partial charge in [-0.25, -0.2) is 13.2 Å². The van der Waals surface area contributed by atoms with Crippen LogP contribution in [-0.4, -0.2) is 160 Å². The van der Waals surface area contributed by atoms with E-state index in [4.69, 9.17) is 24.1 Å². The minimum atomic E-state index is -3.99. The van der Waals surface area contributed by atoms with Gasteiger partial charge in [-0.3, -0.25) is 47.9 Å². The van der Waals surface area contributed by atoms with Gasteiger partial charge in [0.05, 0.1) is 44.7 Å². The summed E-state index contributed by atoms with van der Waals surface area (Å²) in [5.74, 6) is -8.81. The Morgan fingerprint density at radius 1 is 0.559 bits per heavy atom. The molecule has 4 amide bonds. The SMILES string of the molecule is Cc1ccc(C(=O)CCCNC(=O)COCCOCCCC(=O)CCC(NC(=O)CC[C@H](CC(=O)COCCOCCNC(=O)CCCS(=O)(=O)NC(=O)CCCC(=O)O)C(=O)O)C(=O)O)cc1. The van der Waals surface area contributed by atoms with E-state index in [1.165, 1.54) is 0 Å². The Hall–Kier alpha value is -5.69. The molecule has 1 rings (SSSR count). The maximum absolute atomic E-state index is 12.5. The molecule has 0 spiro atoms. The molecule has 0 aliphatic carbocycles. The van der Waals surface area contributed by atoms with Crippen LogP contribution in [0.1, 0.15) is 106 Å². The first-order valence-corrected chi connectivity index (χ1v) is 23.9. The Bertz CT molecular complexity index is 1910. The zero-order valence-electron chi connectivity index (χ0n) is 38.4. The zero-order valence-corrected chi connectivity index (χ0v) is 39.2. The third-order valence-corrected chi connectivity index (χ3v) is 11.0. The number of hydrogen-bond acceptors (Lipinski definition) is 16. The van der Waals surface area contributed by atoms with Crippen molar-refractivity contribution in [2.45, 2.75) is 103 Å². The summed E-state index contributed by atoms with van der Waals surface area (Å²) in [6.07, 6.45) is -1.04. The van der Waals surface area contributed by atoms with Crippen LogP contribution in [0, 0.1) is 12.8 Å². The van der Waals surface area contributed by atoms with Crippen LogP contribution in [0.25, 0.3) is 0 Å². The lowest BCUT2D eigenvalue weighted by atomic mass is 9.97. The molecular weight excluding hydrogens is 921 g/mol. The molecule has 0 aromatic heterocycles. The number of carboxylic acid groups (broad SMARTS) is 3. The van der Waals surface area contributed by atoms with Crippen LogP contribution in [0.5, 0.6) is 0 Å². The monoisotopic (exact) mass is 986 g/mol. The normalized spacial score (nSPS) is 12.0. The van der Waals surface area contributed by atoms with Gasteiger partial charge in [0, 0.05) is 76.6 Å². The highest BCUT2D eigenvalue weighted by molar-refractivity contribution is 7.90. The average Bonchev–Trinajstić information content (AvgIpc) is 3.26. The minimum absolute atomic E-state index is 0.00123. The molecule has 1 aromatic rings. The molecule has 1 unspecified atom stereocenters. The molecule has 0 aliphatic rings. The number of nitrogens with one attached hydrogen (secondary N) is 4. The molecule has 68 heavy (non-hydrogen) atoms. The molecule has 0 aliphatic heterocycles. The van der Waals surface area contributed by atoms with Gasteiger partial charge < -0.3 is 50.2 Å². The van der Waals surface area contributed by atoms with Gasteiger partial charge in [0.1, 0.15) is 25.0 Å². The van der Waals surface area contributed by atoms with Crippen LogP contribution in [0.4, 0.5) is 0 Å². The predicted molar refractivity (Wildman–Crippen MR) is 240 cm³/mol. The molecule has 2 atom stereocenters. The fourth-order valence-electron chi connectivity index (χ4n) is 5.93. The van der Waals surface area contributed by atoms with E-state index < -0.39 is 88.6 Å². The summed E-state index contributed by atoms with van der Waals surface area (Å²) >= 11 is 0. The summed E-state index contributed by atoms with van der Waals surface area (Å²) < 4.78 is 46.9. The number of rotatable bonds is 42. The van der Waals surface area contributed by atoms with Crippen molar-refractivity contribution in [3.8, 4) is 0 Å². The number of carboxylic acids is 3. The molecule has 0 bridgehead atoms. The number of aryl methyl sites for hydroxylation is 1. The fraction of sp³-hybridized carbons (Fsp3) is 0.636. The Labute approximate surface area is 395 Å². The van der Waals surface area contributed by atoms with Crippen LogP contribution >= 0.6 is 0 Å². The molecule has 0 saturated heterocycles. The van der Waals surface area contributed by atoms with E-state index in [0.717, 1.165) is 5.56 Å². The number of Topliss-reactive ketones (excluding diaryl/α,β-unsaturated/α-hetero) is 3. The first-order chi connectivity index (χ1) is 32.3. The van der Waals surface area contributed by atoms with E-state index >= 15 is 0 Å². The van der Waals surface area contributed by atoms with Gasteiger partial charge in [0.25, 0.3) is 0 Å². The van der Waals surface area contributed by atoms with Crippen molar-refractivity contribution in [3.05, 3.63) is 35.4 Å². The van der Waals surface area contributed by atoms with Gasteiger partial charge >= 0.3 is 17.9 Å². The van der Waals surface area contributed by atoms with Crippen molar-refractivity contribution in [1.82, 2.24) is 20.7 Å². The van der Waals surface area contributed by atoms with E-state index in [9.17, 15) is 66.6 Å². The van der Waals surface area contributed by atoms with Gasteiger partial charge in [-0.2, -0.15) is 0 Å². The summed E-state index contributed by atoms with van der Waals surface area (Å²) in [6, 6.07) is 5.88. The first-order valence-electron chi connectivity index (χ1n) is 22.3. The van der Waals surface area contributed by atoms with E-state index in [0.29, 0.717) is 31.4 Å². The third kappa shape index (κ3) is 32.1. The largest absolute Gasteiger partial charge is 0.481 e. The molecule has 23 nitrogen and oxygen atoms in total. The van der Waals surface area contributed by atoms with E-state index in [-0.39, 0.29) is 128 Å². The molecule has 0 saturated carbocycles. The second-order valence-electron chi connectivity index (χ2n) is 15.6. The molecule has 1 aromatic carbocycles. The van der Waals surface area contributed by atoms with Crippen molar-refractivity contribution in [3.63, 3.8) is 0 Å². The molecule has 7 N–H and O–H groups in total. The first kappa shape index (κ1) is 60.3. The molecule has 0 heterocycles. The van der Waals surface area contributed by atoms with Crippen LogP contribution in [0.2, 0.25) is 0 Å². The molecule has 382 valence electrons. The molecule has 0 radical (unpaired) electrons. The quantitative estimate of drug-likeness (QED) is 0.0353. The van der Waals surface area contributed by atoms with Crippen LogP contribution in [-0.2, 0) is 72.1 Å². The molecular formula is C44H66N4O19S. The van der Waals surface area contributed by atoms with Gasteiger partial charge in [0.2, 0.25) is 33.7 Å². The molecule has 0 fully saturated rings. The summed E-state index contributed by atoms with van der Waals surface area (Å²) in [5.41, 5.74) is 1.69. The highest BCUT2D eigenvalue weighted by Gasteiger charge is 2.25. The zero-order chi connectivity index (χ0) is 50.7. The van der Waals surface area contributed by atoms with E-state index in [1.807, 2.05) is 23.8 Å². The highest BCUT2D eigenvalue weighted by atomic mass is 32.2. The van der Waals surface area contributed by atoms with Crippen molar-refractivity contribution >= 4 is 68.9 Å². The number of carbonyl (C=O) groups is 10. The standard InChI is InChI=1S/C44H66N4O19S/c1-31-11-13-32(14-12-31)37(51)7-3-19-45-41(55)30-67-26-23-64-21-4-6-34(49)16-17-36(44(60)61)47-39(53)18-15-33(43(58)59)28-35(50)29-66-25-24-65-22-20-46-38(52)9-5-27-68(62,63)48-40(54)8-2-10-42(56)57/h11-14,33,36H,2-10,15-30H2,1H3,(H,45,55)(H,46,52)(H,47,53)(H,48,54)(H,56,57)(H,58,59)(H,60,61)/t33-,36?/m1/s1. The highest BCUT2D eigenvalue weighted by Crippen LogP contribution is 2.14. The van der Waals surface area contributed by atoms with Gasteiger partial charge in [0.15, 0.2) is 11.6 Å². The van der Waals surface area contributed by atoms with Crippen molar-refractivity contribution in [2.75, 3.05) is 71.7 Å². The lowest BCUT2D eigenvalue weighted by Gasteiger charge is -2.16. The Kier molecular flexibility index (Phi) is 31.5. The minimum Gasteiger partial charge on any atom is -0.481 e. The van der Waals surface area contributed by atoms with Crippen LogP contribution in [0.3, 0.4) is 0 Å². The number of benzene rings is 1.